The predicted octanol–water partition coefficient (Wildman–Crippen LogP) is 8.18. The Balaban J connectivity index is 1.36. The highest BCUT2D eigenvalue weighted by Gasteiger charge is 2.30. The van der Waals surface area contributed by atoms with Crippen molar-refractivity contribution < 1.29 is 14.6 Å². The van der Waals surface area contributed by atoms with Crippen molar-refractivity contribution in [3.8, 4) is 5.75 Å². The van der Waals surface area contributed by atoms with Gasteiger partial charge in [-0.25, -0.2) is 9.78 Å². The molecule has 5 aromatic rings. The number of fused-ring (bicyclic) bond motifs is 1. The van der Waals surface area contributed by atoms with Crippen LogP contribution in [-0.4, -0.2) is 27.2 Å². The van der Waals surface area contributed by atoms with Gasteiger partial charge in [0.1, 0.15) is 18.2 Å². The van der Waals surface area contributed by atoms with E-state index < -0.39 is 5.97 Å². The number of nitrogens with zero attached hydrogens (tertiary/aromatic N) is 2. The number of benzene rings is 4. The van der Waals surface area contributed by atoms with Crippen LogP contribution in [0.3, 0.4) is 0 Å². The van der Waals surface area contributed by atoms with Crippen LogP contribution < -0.4 is 4.74 Å². The third-order valence-corrected chi connectivity index (χ3v) is 7.65. The van der Waals surface area contributed by atoms with Gasteiger partial charge in [-0.2, -0.15) is 0 Å². The molecule has 0 spiro atoms. The molecule has 1 heterocycles. The molecule has 0 atom stereocenters. The second-order valence-electron chi connectivity index (χ2n) is 9.86. The molecule has 0 bridgehead atoms. The van der Waals surface area contributed by atoms with Gasteiger partial charge in [0.05, 0.1) is 23.1 Å². The van der Waals surface area contributed by atoms with E-state index in [4.69, 9.17) is 32.9 Å². The van der Waals surface area contributed by atoms with Gasteiger partial charge in [0.2, 0.25) is 0 Å². The molecule has 5 nitrogen and oxygen atoms in total. The number of aromatic nitrogens is 2. The summed E-state index contributed by atoms with van der Waals surface area (Å²) in [6, 6.07) is 29.0. The molecule has 0 aliphatic heterocycles. The zero-order valence-electron chi connectivity index (χ0n) is 21.1. The second kappa shape index (κ2) is 10.8. The molecule has 0 radical (unpaired) electrons. The fourth-order valence-corrected chi connectivity index (χ4v) is 5.34. The van der Waals surface area contributed by atoms with Crippen molar-refractivity contribution in [2.45, 2.75) is 31.2 Å². The average molecular weight is 557 g/mol. The molecule has 0 unspecified atom stereocenters. The topological polar surface area (TPSA) is 64.3 Å². The summed E-state index contributed by atoms with van der Waals surface area (Å²) in [7, 11) is 0. The predicted molar refractivity (Wildman–Crippen MR) is 154 cm³/mol. The molecule has 1 N–H and O–H groups in total. The van der Waals surface area contributed by atoms with Crippen LogP contribution in [0.1, 0.15) is 57.6 Å². The van der Waals surface area contributed by atoms with Gasteiger partial charge in [-0.15, -0.1) is 0 Å². The lowest BCUT2D eigenvalue weighted by atomic mass is 9.85. The fourth-order valence-electron chi connectivity index (χ4n) is 5.09. The summed E-state index contributed by atoms with van der Waals surface area (Å²) in [6.45, 7) is 1.01. The SMILES string of the molecule is O=C(O)c1cccc(OCCn2c(C3CC3)nc3ccc(C(c4ccc(Cl)cc4)c4ccc(Cl)cc4)cc32)c1. The second-order valence-corrected chi connectivity index (χ2v) is 10.7. The molecule has 1 aliphatic rings. The fraction of sp³-hybridized carbons (Fsp3) is 0.188. The van der Waals surface area contributed by atoms with Gasteiger partial charge in [-0.3, -0.25) is 0 Å². The molecule has 1 saturated carbocycles. The number of carbonyl (C=O) groups is 1. The highest BCUT2D eigenvalue weighted by atomic mass is 35.5. The van der Waals surface area contributed by atoms with E-state index in [0.29, 0.717) is 34.9 Å². The Morgan fingerprint density at radius 1 is 0.897 bits per heavy atom. The molecule has 1 aromatic heterocycles. The average Bonchev–Trinajstić information content (AvgIpc) is 3.73. The molecule has 1 aliphatic carbocycles. The van der Waals surface area contributed by atoms with E-state index >= 15 is 0 Å². The van der Waals surface area contributed by atoms with Crippen LogP contribution in [0.25, 0.3) is 11.0 Å². The van der Waals surface area contributed by atoms with Crippen LogP contribution in [0.4, 0.5) is 0 Å². The monoisotopic (exact) mass is 556 g/mol. The van der Waals surface area contributed by atoms with E-state index in [1.54, 1.807) is 24.3 Å². The van der Waals surface area contributed by atoms with Crippen molar-refractivity contribution in [2.24, 2.45) is 0 Å². The van der Waals surface area contributed by atoms with Crippen LogP contribution in [0.2, 0.25) is 10.0 Å². The van der Waals surface area contributed by atoms with Crippen LogP contribution in [0, 0.1) is 0 Å². The third-order valence-electron chi connectivity index (χ3n) is 7.15. The number of aromatic carboxylic acids is 1. The number of imidazole rings is 1. The highest BCUT2D eigenvalue weighted by molar-refractivity contribution is 6.30. The van der Waals surface area contributed by atoms with E-state index in [9.17, 15) is 9.90 Å². The Bertz CT molecular complexity index is 1600. The van der Waals surface area contributed by atoms with Crippen molar-refractivity contribution in [3.05, 3.63) is 129 Å². The van der Waals surface area contributed by atoms with E-state index in [2.05, 4.69) is 47.0 Å². The number of hydrogen-bond donors (Lipinski definition) is 1. The summed E-state index contributed by atoms with van der Waals surface area (Å²) < 4.78 is 8.24. The Morgan fingerprint density at radius 2 is 1.54 bits per heavy atom. The minimum Gasteiger partial charge on any atom is -0.492 e. The van der Waals surface area contributed by atoms with Gasteiger partial charge >= 0.3 is 5.97 Å². The van der Waals surface area contributed by atoms with Gasteiger partial charge < -0.3 is 14.4 Å². The largest absolute Gasteiger partial charge is 0.492 e. The molecule has 0 saturated heterocycles. The molecule has 1 fully saturated rings. The summed E-state index contributed by atoms with van der Waals surface area (Å²) in [5.74, 6) is 1.10. The van der Waals surface area contributed by atoms with E-state index in [1.807, 2.05) is 24.3 Å². The molecular formula is C32H26Cl2N2O3. The maximum absolute atomic E-state index is 11.3. The summed E-state index contributed by atoms with van der Waals surface area (Å²) in [6.07, 6.45) is 2.27. The Kier molecular flexibility index (Phi) is 7.03. The first-order valence-corrected chi connectivity index (χ1v) is 13.7. The molecule has 0 amide bonds. The summed E-state index contributed by atoms with van der Waals surface area (Å²) >= 11 is 12.4. The summed E-state index contributed by atoms with van der Waals surface area (Å²) in [5, 5.41) is 10.7. The first kappa shape index (κ1) is 25.5. The van der Waals surface area contributed by atoms with Gasteiger partial charge in [-0.05, 0) is 84.1 Å². The number of carboxylic acids is 1. The van der Waals surface area contributed by atoms with Crippen molar-refractivity contribution in [2.75, 3.05) is 6.61 Å². The Morgan fingerprint density at radius 3 is 2.15 bits per heavy atom. The third kappa shape index (κ3) is 5.51. The number of ether oxygens (including phenoxy) is 1. The lowest BCUT2D eigenvalue weighted by molar-refractivity contribution is 0.0696. The van der Waals surface area contributed by atoms with Crippen LogP contribution in [-0.2, 0) is 6.54 Å². The quantitative estimate of drug-likeness (QED) is 0.186. The Hall–Kier alpha value is -3.80. The summed E-state index contributed by atoms with van der Waals surface area (Å²) in [5.41, 5.74) is 5.64. The van der Waals surface area contributed by atoms with Gasteiger partial charge in [0.15, 0.2) is 0 Å². The van der Waals surface area contributed by atoms with Crippen molar-refractivity contribution >= 4 is 40.2 Å². The van der Waals surface area contributed by atoms with Crippen molar-refractivity contribution in [3.63, 3.8) is 0 Å². The number of hydrogen-bond acceptors (Lipinski definition) is 3. The van der Waals surface area contributed by atoms with Crippen LogP contribution in [0.15, 0.2) is 91.0 Å². The first-order valence-electron chi connectivity index (χ1n) is 12.9. The lowest BCUT2D eigenvalue weighted by Gasteiger charge is -2.20. The zero-order valence-corrected chi connectivity index (χ0v) is 22.6. The standard InChI is InChI=1S/C32H26Cl2N2O3/c33-25-11-6-20(7-12-25)30(21-8-13-26(34)14-9-21)23-10-15-28-29(19-23)36(31(35-28)22-4-5-22)16-17-39-27-3-1-2-24(18-27)32(37)38/h1-3,6-15,18-19,22,30H,4-5,16-17H2,(H,37,38). The molecule has 7 heteroatoms. The highest BCUT2D eigenvalue weighted by Crippen LogP contribution is 2.41. The van der Waals surface area contributed by atoms with E-state index in [-0.39, 0.29) is 11.5 Å². The number of carboxylic acid groups (broad SMARTS) is 1. The minimum atomic E-state index is -0.972. The Labute approximate surface area is 236 Å². The maximum atomic E-state index is 11.3. The zero-order chi connectivity index (χ0) is 26.9. The van der Waals surface area contributed by atoms with Crippen molar-refractivity contribution in [1.29, 1.82) is 0 Å². The molecular weight excluding hydrogens is 531 g/mol. The molecule has 196 valence electrons. The van der Waals surface area contributed by atoms with Gasteiger partial charge in [0, 0.05) is 21.9 Å². The van der Waals surface area contributed by atoms with Crippen LogP contribution >= 0.6 is 23.2 Å². The van der Waals surface area contributed by atoms with Crippen molar-refractivity contribution in [1.82, 2.24) is 9.55 Å². The van der Waals surface area contributed by atoms with E-state index in [0.717, 1.165) is 46.4 Å². The maximum Gasteiger partial charge on any atom is 0.335 e. The van der Waals surface area contributed by atoms with E-state index in [1.165, 1.54) is 0 Å². The van der Waals surface area contributed by atoms with Gasteiger partial charge in [0.25, 0.3) is 0 Å². The minimum absolute atomic E-state index is 0.00772. The number of halogens is 2. The van der Waals surface area contributed by atoms with Gasteiger partial charge in [-0.1, -0.05) is 59.6 Å². The molecule has 6 rings (SSSR count). The normalized spacial score (nSPS) is 13.2. The summed E-state index contributed by atoms with van der Waals surface area (Å²) in [4.78, 5) is 16.3. The molecule has 4 aromatic carbocycles. The first-order chi connectivity index (χ1) is 19.0. The lowest BCUT2D eigenvalue weighted by Crippen LogP contribution is -2.11. The molecule has 39 heavy (non-hydrogen) atoms. The van der Waals surface area contributed by atoms with Crippen LogP contribution in [0.5, 0.6) is 5.75 Å². The number of rotatable bonds is 9. The smallest absolute Gasteiger partial charge is 0.335 e.